The Balaban J connectivity index is 1.57. The first kappa shape index (κ1) is 21.0. The van der Waals surface area contributed by atoms with Gasteiger partial charge in [-0.1, -0.05) is 23.7 Å². The lowest BCUT2D eigenvalue weighted by atomic mass is 10.0. The molecule has 28 heavy (non-hydrogen) atoms. The van der Waals surface area contributed by atoms with Crippen molar-refractivity contribution in [1.29, 1.82) is 0 Å². The number of halogens is 1. The second kappa shape index (κ2) is 9.21. The number of thiazole rings is 1. The van der Waals surface area contributed by atoms with Crippen LogP contribution in [0, 0.1) is 0 Å². The minimum Gasteiger partial charge on any atom is -0.331 e. The number of piperidine rings is 1. The van der Waals surface area contributed by atoms with Crippen molar-refractivity contribution >= 4 is 39.0 Å². The summed E-state index contributed by atoms with van der Waals surface area (Å²) >= 11 is 7.40. The van der Waals surface area contributed by atoms with Crippen LogP contribution in [0.4, 0.5) is 4.79 Å². The molecule has 2 N–H and O–H groups in total. The van der Waals surface area contributed by atoms with E-state index >= 15 is 0 Å². The minimum absolute atomic E-state index is 0.135. The summed E-state index contributed by atoms with van der Waals surface area (Å²) in [5.41, 5.74) is 1.82. The number of carbonyl (C=O) groups is 1. The molecule has 10 heteroatoms. The first-order chi connectivity index (χ1) is 13.3. The molecule has 1 saturated heterocycles. The molecule has 2 amide bonds. The molecule has 0 bridgehead atoms. The predicted molar refractivity (Wildman–Crippen MR) is 112 cm³/mol. The second-order valence-electron chi connectivity index (χ2n) is 6.76. The van der Waals surface area contributed by atoms with E-state index in [0.717, 1.165) is 41.8 Å². The van der Waals surface area contributed by atoms with Crippen LogP contribution in [0.1, 0.15) is 24.3 Å². The van der Waals surface area contributed by atoms with E-state index < -0.39 is 10.0 Å². The highest BCUT2D eigenvalue weighted by atomic mass is 35.5. The summed E-state index contributed by atoms with van der Waals surface area (Å²) < 4.78 is 25.2. The van der Waals surface area contributed by atoms with Crippen LogP contribution in [0.25, 0.3) is 11.3 Å². The number of aromatic nitrogens is 1. The van der Waals surface area contributed by atoms with Crippen LogP contribution < -0.4 is 10.0 Å². The molecule has 3 rings (SSSR count). The summed E-state index contributed by atoms with van der Waals surface area (Å²) in [4.78, 5) is 18.9. The molecule has 1 aromatic carbocycles. The van der Waals surface area contributed by atoms with Gasteiger partial charge in [-0.2, -0.15) is 0 Å². The number of rotatable bonds is 6. The number of hydrogen-bond acceptors (Lipinski definition) is 5. The first-order valence-corrected chi connectivity index (χ1v) is 12.2. The quantitative estimate of drug-likeness (QED) is 0.719. The lowest BCUT2D eigenvalue weighted by Gasteiger charge is -2.35. The van der Waals surface area contributed by atoms with Crippen molar-refractivity contribution in [3.63, 3.8) is 0 Å². The summed E-state index contributed by atoms with van der Waals surface area (Å²) in [6.45, 7) is 1.19. The van der Waals surface area contributed by atoms with Crippen LogP contribution >= 0.6 is 22.9 Å². The van der Waals surface area contributed by atoms with Gasteiger partial charge in [0.15, 0.2) is 0 Å². The number of hydrogen-bond donors (Lipinski definition) is 2. The normalized spacial score (nSPS) is 17.5. The third kappa shape index (κ3) is 5.91. The van der Waals surface area contributed by atoms with E-state index in [0.29, 0.717) is 18.1 Å². The van der Waals surface area contributed by atoms with E-state index in [1.165, 1.54) is 11.3 Å². The molecule has 2 aromatic rings. The zero-order chi connectivity index (χ0) is 20.1. The van der Waals surface area contributed by atoms with Crippen molar-refractivity contribution in [2.24, 2.45) is 0 Å². The van der Waals surface area contributed by atoms with Crippen molar-refractivity contribution < 1.29 is 13.2 Å². The van der Waals surface area contributed by atoms with Crippen molar-refractivity contribution in [3.05, 3.63) is 39.7 Å². The van der Waals surface area contributed by atoms with Crippen molar-refractivity contribution in [3.8, 4) is 11.3 Å². The van der Waals surface area contributed by atoms with Gasteiger partial charge in [-0.25, -0.2) is 22.9 Å². The van der Waals surface area contributed by atoms with E-state index in [2.05, 4.69) is 15.0 Å². The number of urea groups is 1. The third-order valence-corrected chi connectivity index (χ3v) is 6.34. The number of sulfonamides is 1. The highest BCUT2D eigenvalue weighted by molar-refractivity contribution is 7.88. The molecule has 1 fully saturated rings. The number of likely N-dealkylation sites (tertiary alicyclic amines) is 1. The fourth-order valence-corrected chi connectivity index (χ4v) is 4.49. The summed E-state index contributed by atoms with van der Waals surface area (Å²) in [5.74, 6) is 0. The molecule has 0 radical (unpaired) electrons. The molecule has 1 unspecified atom stereocenters. The standard InChI is InChI=1S/C18H23ClN4O3S2/c1-28(25,26)21-10-15-4-2-3-9-23(15)18(24)20-11-17-22-16(12-27-17)13-5-7-14(19)8-6-13/h5-8,12,15,21H,2-4,9-11H2,1H3,(H,20,24). The zero-order valence-corrected chi connectivity index (χ0v) is 17.9. The fraction of sp³-hybridized carbons (Fsp3) is 0.444. The largest absolute Gasteiger partial charge is 0.331 e. The van der Waals surface area contributed by atoms with Gasteiger partial charge in [-0.15, -0.1) is 11.3 Å². The van der Waals surface area contributed by atoms with E-state index in [1.807, 2.05) is 29.6 Å². The van der Waals surface area contributed by atoms with Gasteiger partial charge in [0.05, 0.1) is 18.5 Å². The monoisotopic (exact) mass is 442 g/mol. The van der Waals surface area contributed by atoms with Crippen LogP contribution in [-0.4, -0.2) is 49.7 Å². The van der Waals surface area contributed by atoms with Crippen LogP contribution in [0.2, 0.25) is 5.02 Å². The Hall–Kier alpha value is -1.68. The molecule has 152 valence electrons. The molecule has 2 heterocycles. The van der Waals surface area contributed by atoms with Crippen molar-refractivity contribution in [2.75, 3.05) is 19.3 Å². The Morgan fingerprint density at radius 2 is 2.07 bits per heavy atom. The smallest absolute Gasteiger partial charge is 0.318 e. The van der Waals surface area contributed by atoms with Crippen LogP contribution in [0.3, 0.4) is 0 Å². The Morgan fingerprint density at radius 3 is 2.79 bits per heavy atom. The molecule has 0 spiro atoms. The Labute approximate surface area is 174 Å². The summed E-state index contributed by atoms with van der Waals surface area (Å²) in [6, 6.07) is 7.13. The average Bonchev–Trinajstić information content (AvgIpc) is 3.14. The maximum Gasteiger partial charge on any atom is 0.318 e. The predicted octanol–water partition coefficient (Wildman–Crippen LogP) is 3.08. The van der Waals surface area contributed by atoms with E-state index in [1.54, 1.807) is 4.90 Å². The molecular weight excluding hydrogens is 420 g/mol. The second-order valence-corrected chi connectivity index (χ2v) is 9.97. The van der Waals surface area contributed by atoms with E-state index in [4.69, 9.17) is 11.6 Å². The van der Waals surface area contributed by atoms with Gasteiger partial charge in [0.25, 0.3) is 0 Å². The van der Waals surface area contributed by atoms with Crippen molar-refractivity contribution in [1.82, 2.24) is 19.9 Å². The summed E-state index contributed by atoms with van der Waals surface area (Å²) in [5, 5.41) is 6.34. The first-order valence-electron chi connectivity index (χ1n) is 9.01. The Bertz CT molecular complexity index is 915. The molecule has 0 aliphatic carbocycles. The van der Waals surface area contributed by atoms with Gasteiger partial charge >= 0.3 is 6.03 Å². The van der Waals surface area contributed by atoms with E-state index in [9.17, 15) is 13.2 Å². The minimum atomic E-state index is -3.28. The van der Waals surface area contributed by atoms with Crippen LogP contribution in [0.15, 0.2) is 29.6 Å². The Kier molecular flexibility index (Phi) is 6.92. The molecule has 0 saturated carbocycles. The maximum absolute atomic E-state index is 12.6. The average molecular weight is 443 g/mol. The lowest BCUT2D eigenvalue weighted by molar-refractivity contribution is 0.152. The number of carbonyl (C=O) groups excluding carboxylic acids is 1. The summed E-state index contributed by atoms with van der Waals surface area (Å²) in [6.07, 6.45) is 3.81. The van der Waals surface area contributed by atoms with Crippen LogP contribution in [-0.2, 0) is 16.6 Å². The highest BCUT2D eigenvalue weighted by Gasteiger charge is 2.27. The topological polar surface area (TPSA) is 91.4 Å². The molecule has 1 aromatic heterocycles. The summed E-state index contributed by atoms with van der Waals surface area (Å²) in [7, 11) is -3.28. The van der Waals surface area contributed by atoms with Gasteiger partial charge in [0.2, 0.25) is 10.0 Å². The third-order valence-electron chi connectivity index (χ3n) is 4.55. The van der Waals surface area contributed by atoms with Crippen molar-refractivity contribution in [2.45, 2.75) is 31.8 Å². The molecule has 1 aliphatic rings. The molecule has 7 nitrogen and oxygen atoms in total. The fourth-order valence-electron chi connectivity index (χ4n) is 3.13. The Morgan fingerprint density at radius 1 is 1.32 bits per heavy atom. The van der Waals surface area contributed by atoms with Crippen LogP contribution in [0.5, 0.6) is 0 Å². The number of amides is 2. The SMILES string of the molecule is CS(=O)(=O)NCC1CCCCN1C(=O)NCc1nc(-c2ccc(Cl)cc2)cs1. The molecular formula is C18H23ClN4O3S2. The molecule has 1 aliphatic heterocycles. The zero-order valence-electron chi connectivity index (χ0n) is 15.5. The highest BCUT2D eigenvalue weighted by Crippen LogP contribution is 2.23. The lowest BCUT2D eigenvalue weighted by Crippen LogP contribution is -2.52. The maximum atomic E-state index is 12.6. The van der Waals surface area contributed by atoms with Gasteiger partial charge < -0.3 is 10.2 Å². The number of nitrogens with zero attached hydrogens (tertiary/aromatic N) is 2. The van der Waals surface area contributed by atoms with Gasteiger partial charge in [0.1, 0.15) is 5.01 Å². The van der Waals surface area contributed by atoms with Gasteiger partial charge in [0, 0.05) is 35.1 Å². The molecule has 1 atom stereocenters. The van der Waals surface area contributed by atoms with Gasteiger partial charge in [-0.3, -0.25) is 0 Å². The number of benzene rings is 1. The van der Waals surface area contributed by atoms with Gasteiger partial charge in [-0.05, 0) is 31.4 Å². The van der Waals surface area contributed by atoms with E-state index in [-0.39, 0.29) is 18.6 Å². The number of nitrogens with one attached hydrogen (secondary N) is 2.